The van der Waals surface area contributed by atoms with E-state index in [0.29, 0.717) is 12.8 Å². The van der Waals surface area contributed by atoms with Gasteiger partial charge in [0.1, 0.15) is 0 Å². The molecule has 0 saturated carbocycles. The summed E-state index contributed by atoms with van der Waals surface area (Å²) in [7, 11) is 0. The van der Waals surface area contributed by atoms with Gasteiger partial charge in [-0.1, -0.05) is 0 Å². The minimum atomic E-state index is 0.139. The summed E-state index contributed by atoms with van der Waals surface area (Å²) < 4.78 is 0. The fourth-order valence-electron chi connectivity index (χ4n) is 1.38. The fourth-order valence-corrected chi connectivity index (χ4v) is 1.38. The summed E-state index contributed by atoms with van der Waals surface area (Å²) in [4.78, 5) is 10.8. The number of nitrogens with one attached hydrogen (secondary N) is 2. The molecule has 0 aromatic heterocycles. The predicted octanol–water partition coefficient (Wildman–Crippen LogP) is 0.157. The Morgan fingerprint density at radius 2 is 2.62 bits per heavy atom. The van der Waals surface area contributed by atoms with Gasteiger partial charge in [-0.05, 0) is 13.3 Å². The molecule has 0 aliphatic carbocycles. The normalized spacial score (nSPS) is 23.7. The topological polar surface area (TPSA) is 64.9 Å². The second-order valence-corrected chi connectivity index (χ2v) is 3.47. The first-order valence-corrected chi connectivity index (χ1v) is 4.62. The van der Waals surface area contributed by atoms with Crippen LogP contribution in [0.25, 0.3) is 0 Å². The third-order valence-electron chi connectivity index (χ3n) is 2.20. The molecule has 0 aromatic carbocycles. The van der Waals surface area contributed by atoms with Crippen LogP contribution in [-0.2, 0) is 4.79 Å². The lowest BCUT2D eigenvalue weighted by Crippen LogP contribution is -2.39. The van der Waals surface area contributed by atoms with E-state index in [-0.39, 0.29) is 18.0 Å². The molecule has 1 aliphatic rings. The van der Waals surface area contributed by atoms with Gasteiger partial charge in [-0.25, -0.2) is 0 Å². The SMILES string of the molecule is CC(CC#N)NCC1CCC(=O)N1. The van der Waals surface area contributed by atoms with Crippen molar-refractivity contribution in [2.24, 2.45) is 0 Å². The maximum absolute atomic E-state index is 10.8. The minimum Gasteiger partial charge on any atom is -0.352 e. The molecule has 1 fully saturated rings. The average Bonchev–Trinajstić information content (AvgIpc) is 2.49. The van der Waals surface area contributed by atoms with Crippen molar-refractivity contribution < 1.29 is 4.79 Å². The van der Waals surface area contributed by atoms with Crippen molar-refractivity contribution in [3.63, 3.8) is 0 Å². The van der Waals surface area contributed by atoms with Gasteiger partial charge in [-0.2, -0.15) is 5.26 Å². The standard InChI is InChI=1S/C9H15N3O/c1-7(4-5-10)11-6-8-2-3-9(13)12-8/h7-8,11H,2-4,6H2,1H3,(H,12,13). The Hall–Kier alpha value is -1.08. The van der Waals surface area contributed by atoms with Crippen LogP contribution in [0.15, 0.2) is 0 Å². The van der Waals surface area contributed by atoms with Crippen LogP contribution in [-0.4, -0.2) is 24.5 Å². The van der Waals surface area contributed by atoms with Gasteiger partial charge in [-0.3, -0.25) is 4.79 Å². The van der Waals surface area contributed by atoms with Crippen LogP contribution in [0.4, 0.5) is 0 Å². The Bertz CT molecular complexity index is 221. The van der Waals surface area contributed by atoms with E-state index in [2.05, 4.69) is 16.7 Å². The summed E-state index contributed by atoms with van der Waals surface area (Å²) in [6.45, 7) is 2.74. The summed E-state index contributed by atoms with van der Waals surface area (Å²) in [5.41, 5.74) is 0. The highest BCUT2D eigenvalue weighted by Gasteiger charge is 2.20. The molecule has 1 aliphatic heterocycles. The predicted molar refractivity (Wildman–Crippen MR) is 48.9 cm³/mol. The third kappa shape index (κ3) is 3.43. The zero-order chi connectivity index (χ0) is 9.68. The van der Waals surface area contributed by atoms with Crippen molar-refractivity contribution in [2.75, 3.05) is 6.54 Å². The van der Waals surface area contributed by atoms with Crippen LogP contribution in [0.5, 0.6) is 0 Å². The molecule has 2 atom stereocenters. The Morgan fingerprint density at radius 3 is 3.15 bits per heavy atom. The highest BCUT2D eigenvalue weighted by Crippen LogP contribution is 2.05. The molecule has 4 nitrogen and oxygen atoms in total. The zero-order valence-electron chi connectivity index (χ0n) is 7.84. The summed E-state index contributed by atoms with van der Waals surface area (Å²) in [6, 6.07) is 2.57. The maximum atomic E-state index is 10.8. The Labute approximate surface area is 78.3 Å². The molecule has 13 heavy (non-hydrogen) atoms. The van der Waals surface area contributed by atoms with Crippen molar-refractivity contribution in [3.05, 3.63) is 0 Å². The van der Waals surface area contributed by atoms with Crippen molar-refractivity contribution in [3.8, 4) is 6.07 Å². The van der Waals surface area contributed by atoms with E-state index < -0.39 is 0 Å². The van der Waals surface area contributed by atoms with E-state index in [1.807, 2.05) is 6.92 Å². The Morgan fingerprint density at radius 1 is 1.85 bits per heavy atom. The molecular weight excluding hydrogens is 166 g/mol. The van der Waals surface area contributed by atoms with Gasteiger partial charge in [-0.15, -0.1) is 0 Å². The molecular formula is C9H15N3O. The minimum absolute atomic E-state index is 0.139. The number of rotatable bonds is 4. The van der Waals surface area contributed by atoms with Gasteiger partial charge < -0.3 is 10.6 Å². The molecule has 4 heteroatoms. The first kappa shape index (κ1) is 10.0. The number of nitrogens with zero attached hydrogens (tertiary/aromatic N) is 1. The summed E-state index contributed by atoms with van der Waals surface area (Å²) in [5, 5.41) is 14.5. The molecule has 0 bridgehead atoms. The van der Waals surface area contributed by atoms with Crippen LogP contribution in [0, 0.1) is 11.3 Å². The van der Waals surface area contributed by atoms with Crippen LogP contribution in [0.3, 0.4) is 0 Å². The zero-order valence-corrected chi connectivity index (χ0v) is 7.84. The van der Waals surface area contributed by atoms with Crippen molar-refractivity contribution in [1.29, 1.82) is 5.26 Å². The Balaban J connectivity index is 2.13. The molecule has 1 heterocycles. The highest BCUT2D eigenvalue weighted by molar-refractivity contribution is 5.78. The van der Waals surface area contributed by atoms with Crippen molar-refractivity contribution in [2.45, 2.75) is 38.3 Å². The number of hydrogen-bond acceptors (Lipinski definition) is 3. The lowest BCUT2D eigenvalue weighted by molar-refractivity contribution is -0.119. The van der Waals surface area contributed by atoms with E-state index in [1.165, 1.54) is 0 Å². The van der Waals surface area contributed by atoms with Crippen LogP contribution in [0.2, 0.25) is 0 Å². The van der Waals surface area contributed by atoms with E-state index in [4.69, 9.17) is 5.26 Å². The largest absolute Gasteiger partial charge is 0.352 e. The second kappa shape index (κ2) is 4.83. The van der Waals surface area contributed by atoms with Gasteiger partial charge in [0.15, 0.2) is 0 Å². The maximum Gasteiger partial charge on any atom is 0.220 e. The molecule has 2 N–H and O–H groups in total. The molecule has 2 unspecified atom stereocenters. The summed E-state index contributed by atoms with van der Waals surface area (Å²) >= 11 is 0. The van der Waals surface area contributed by atoms with Crippen molar-refractivity contribution >= 4 is 5.91 Å². The van der Waals surface area contributed by atoms with Crippen LogP contribution in [0.1, 0.15) is 26.2 Å². The van der Waals surface area contributed by atoms with E-state index in [1.54, 1.807) is 0 Å². The van der Waals surface area contributed by atoms with Gasteiger partial charge in [0.25, 0.3) is 0 Å². The fraction of sp³-hybridized carbons (Fsp3) is 0.778. The molecule has 0 aromatic rings. The number of nitriles is 1. The summed E-state index contributed by atoms with van der Waals surface area (Å²) in [6.07, 6.45) is 2.06. The average molecular weight is 181 g/mol. The van der Waals surface area contributed by atoms with Crippen molar-refractivity contribution in [1.82, 2.24) is 10.6 Å². The molecule has 1 amide bonds. The number of carbonyl (C=O) groups excluding carboxylic acids is 1. The number of amides is 1. The quantitative estimate of drug-likeness (QED) is 0.649. The summed E-state index contributed by atoms with van der Waals surface area (Å²) in [5.74, 6) is 0.139. The third-order valence-corrected chi connectivity index (χ3v) is 2.20. The molecule has 72 valence electrons. The van der Waals surface area contributed by atoms with Gasteiger partial charge in [0, 0.05) is 25.0 Å². The number of hydrogen-bond donors (Lipinski definition) is 2. The Kier molecular flexibility index (Phi) is 3.71. The molecule has 1 rings (SSSR count). The smallest absolute Gasteiger partial charge is 0.220 e. The monoisotopic (exact) mass is 181 g/mol. The lowest BCUT2D eigenvalue weighted by atomic mass is 10.2. The first-order chi connectivity index (χ1) is 6.22. The second-order valence-electron chi connectivity index (χ2n) is 3.47. The van der Waals surface area contributed by atoms with Crippen LogP contribution < -0.4 is 10.6 Å². The van der Waals surface area contributed by atoms with E-state index in [9.17, 15) is 4.79 Å². The van der Waals surface area contributed by atoms with Gasteiger partial charge in [0.05, 0.1) is 12.5 Å². The highest BCUT2D eigenvalue weighted by atomic mass is 16.1. The first-order valence-electron chi connectivity index (χ1n) is 4.62. The number of carbonyl (C=O) groups is 1. The van der Waals surface area contributed by atoms with E-state index in [0.717, 1.165) is 13.0 Å². The van der Waals surface area contributed by atoms with Crippen LogP contribution >= 0.6 is 0 Å². The lowest BCUT2D eigenvalue weighted by Gasteiger charge is -2.14. The molecule has 0 radical (unpaired) electrons. The molecule has 1 saturated heterocycles. The van der Waals surface area contributed by atoms with E-state index >= 15 is 0 Å². The van der Waals surface area contributed by atoms with Gasteiger partial charge >= 0.3 is 0 Å². The van der Waals surface area contributed by atoms with Gasteiger partial charge in [0.2, 0.25) is 5.91 Å². The molecule has 0 spiro atoms.